The molecule has 4 N–H and O–H groups in total. The van der Waals surface area contributed by atoms with E-state index in [1.165, 1.54) is 24.1 Å². The van der Waals surface area contributed by atoms with E-state index in [2.05, 4.69) is 42.6 Å². The lowest BCUT2D eigenvalue weighted by molar-refractivity contribution is -0.126. The summed E-state index contributed by atoms with van der Waals surface area (Å²) in [5.41, 5.74) is 6.10. The molecule has 234 valence electrons. The molecule has 1 unspecified atom stereocenters. The summed E-state index contributed by atoms with van der Waals surface area (Å²) in [6.07, 6.45) is 6.81. The lowest BCUT2D eigenvalue weighted by Crippen LogP contribution is -2.46. The quantitative estimate of drug-likeness (QED) is 0.342. The number of nitrogens with zero attached hydrogens (tertiary/aromatic N) is 5. The van der Waals surface area contributed by atoms with E-state index in [9.17, 15) is 4.79 Å². The molecular weight excluding hydrogens is 566 g/mol. The Morgan fingerprint density at radius 3 is 2.37 bits per heavy atom. The third kappa shape index (κ3) is 10.5. The van der Waals surface area contributed by atoms with Gasteiger partial charge in [-0.1, -0.05) is 12.7 Å². The highest BCUT2D eigenvalue weighted by Crippen LogP contribution is 2.32. The molecule has 1 atom stereocenters. The number of piperazine rings is 1. The van der Waals surface area contributed by atoms with Gasteiger partial charge in [0, 0.05) is 75.1 Å². The van der Waals surface area contributed by atoms with E-state index in [4.69, 9.17) is 14.3 Å². The van der Waals surface area contributed by atoms with E-state index >= 15 is 8.78 Å². The van der Waals surface area contributed by atoms with Crippen LogP contribution in [0.1, 0.15) is 13.3 Å². The van der Waals surface area contributed by atoms with Crippen LogP contribution in [-0.4, -0.2) is 93.4 Å². The average molecular weight is 605 g/mol. The number of cyclic esters (lactones) is 1. The number of primary amides is 1. The van der Waals surface area contributed by atoms with E-state index in [1.54, 1.807) is 30.5 Å². The van der Waals surface area contributed by atoms with Crippen molar-refractivity contribution in [1.82, 2.24) is 20.2 Å². The zero-order valence-corrected chi connectivity index (χ0v) is 24.5. The number of carbonyl (C=O) groups excluding carboxylic acids is 3. The molecule has 2 saturated heterocycles. The van der Waals surface area contributed by atoms with Crippen molar-refractivity contribution in [1.29, 1.82) is 0 Å². The molecule has 43 heavy (non-hydrogen) atoms. The summed E-state index contributed by atoms with van der Waals surface area (Å²) >= 11 is 0. The van der Waals surface area contributed by atoms with E-state index < -0.39 is 17.7 Å². The molecule has 0 spiro atoms. The second-order valence-electron chi connectivity index (χ2n) is 9.25. The van der Waals surface area contributed by atoms with Gasteiger partial charge in [-0.2, -0.15) is 0 Å². The molecular formula is C28H38F2N8O5. The highest BCUT2D eigenvalue weighted by Gasteiger charge is 2.33. The van der Waals surface area contributed by atoms with Crippen LogP contribution >= 0.6 is 0 Å². The number of nitrogens with two attached hydrogens (primary N) is 1. The maximum atomic E-state index is 15.0. The normalized spacial score (nSPS) is 16.2. The Kier molecular flexibility index (Phi) is 14.3. The zero-order valence-electron chi connectivity index (χ0n) is 24.5. The van der Waals surface area contributed by atoms with Crippen molar-refractivity contribution in [2.75, 3.05) is 68.5 Å². The van der Waals surface area contributed by atoms with Crippen LogP contribution in [0.4, 0.5) is 30.8 Å². The van der Waals surface area contributed by atoms with Crippen molar-refractivity contribution < 1.29 is 32.6 Å². The van der Waals surface area contributed by atoms with Crippen LogP contribution in [0.2, 0.25) is 0 Å². The minimum atomic E-state index is -0.698. The number of amides is 2. The van der Waals surface area contributed by atoms with Gasteiger partial charge < -0.3 is 35.6 Å². The number of hydrogen-bond donors (Lipinski definition) is 3. The standard InChI is InChI=1S/C25H31F2N7O2.C2H4O2.CH3NO/c1-17(31-23-15-29-6-7-30-23)4-5-18(2)32-8-10-33(11-9-32)24-21(26)12-19(13-22(24)27)34-16-20(14-28-3)36-25(34)35;1-4-2-3;2-1-3/h4,6-7,12-13,15,20,28H,2,5,8-11,14,16H2,1,3H3,(H,30,31);2H,1H3;1H,(H2,2,3)/b17-4+;;. The first-order chi connectivity index (χ1) is 20.7. The van der Waals surface area contributed by atoms with Gasteiger partial charge >= 0.3 is 6.09 Å². The van der Waals surface area contributed by atoms with Crippen molar-refractivity contribution in [2.24, 2.45) is 5.73 Å². The summed E-state index contributed by atoms with van der Waals surface area (Å²) < 4.78 is 39.2. The number of halogens is 2. The second-order valence-corrected chi connectivity index (χ2v) is 9.25. The highest BCUT2D eigenvalue weighted by atomic mass is 19.1. The number of anilines is 3. The number of aromatic nitrogens is 2. The first-order valence-electron chi connectivity index (χ1n) is 13.3. The predicted octanol–water partition coefficient (Wildman–Crippen LogP) is 2.23. The van der Waals surface area contributed by atoms with Crippen LogP contribution < -0.4 is 26.2 Å². The predicted molar refractivity (Wildman–Crippen MR) is 158 cm³/mol. The number of carbonyl (C=O) groups is 3. The summed E-state index contributed by atoms with van der Waals surface area (Å²) in [5.74, 6) is -0.730. The molecule has 0 aliphatic carbocycles. The number of ether oxygens (including phenoxy) is 2. The molecule has 3 heterocycles. The van der Waals surface area contributed by atoms with Crippen LogP contribution in [0.15, 0.2) is 54.8 Å². The van der Waals surface area contributed by atoms with Crippen molar-refractivity contribution in [2.45, 2.75) is 19.4 Å². The summed E-state index contributed by atoms with van der Waals surface area (Å²) in [4.78, 5) is 43.0. The van der Waals surface area contributed by atoms with Crippen LogP contribution in [0.5, 0.6) is 0 Å². The van der Waals surface area contributed by atoms with E-state index in [0.29, 0.717) is 51.4 Å². The van der Waals surface area contributed by atoms with Gasteiger partial charge in [-0.15, -0.1) is 0 Å². The summed E-state index contributed by atoms with van der Waals surface area (Å²) in [5, 5.41) is 6.11. The first-order valence-corrected chi connectivity index (χ1v) is 13.3. The first kappa shape index (κ1) is 34.4. The molecule has 1 aromatic heterocycles. The third-order valence-corrected chi connectivity index (χ3v) is 6.29. The van der Waals surface area contributed by atoms with Gasteiger partial charge in [-0.25, -0.2) is 18.6 Å². The fourth-order valence-corrected chi connectivity index (χ4v) is 4.34. The molecule has 2 aliphatic heterocycles. The number of hydrogen-bond acceptors (Lipinski definition) is 11. The van der Waals surface area contributed by atoms with Gasteiger partial charge in [0.1, 0.15) is 17.6 Å². The fourth-order valence-electron chi connectivity index (χ4n) is 4.34. The van der Waals surface area contributed by atoms with E-state index in [1.807, 2.05) is 13.0 Å². The minimum absolute atomic E-state index is 0.0766. The van der Waals surface area contributed by atoms with Crippen LogP contribution in [0.3, 0.4) is 0 Å². The largest absolute Gasteiger partial charge is 0.471 e. The molecule has 0 radical (unpaired) electrons. The Morgan fingerprint density at radius 1 is 1.21 bits per heavy atom. The van der Waals surface area contributed by atoms with Crippen LogP contribution in [0.25, 0.3) is 0 Å². The fraction of sp³-hybridized carbons (Fsp3) is 0.393. The number of nitrogens with one attached hydrogen (secondary N) is 2. The Morgan fingerprint density at radius 2 is 1.84 bits per heavy atom. The van der Waals surface area contributed by atoms with Crippen molar-refractivity contribution in [3.05, 3.63) is 66.4 Å². The Balaban J connectivity index is 0.000000836. The number of methoxy groups -OCH3 is 1. The maximum Gasteiger partial charge on any atom is 0.414 e. The van der Waals surface area contributed by atoms with Gasteiger partial charge in [0.25, 0.3) is 6.47 Å². The van der Waals surface area contributed by atoms with E-state index in [0.717, 1.165) is 11.4 Å². The number of benzene rings is 1. The minimum Gasteiger partial charge on any atom is -0.471 e. The Bertz CT molecular complexity index is 1220. The van der Waals surface area contributed by atoms with E-state index in [-0.39, 0.29) is 30.4 Å². The summed E-state index contributed by atoms with van der Waals surface area (Å²) in [6.45, 7) is 9.28. The lowest BCUT2D eigenvalue weighted by atomic mass is 10.1. The molecule has 4 rings (SSSR count). The monoisotopic (exact) mass is 604 g/mol. The number of likely N-dealkylation sites (N-methyl/N-ethyl adjacent to an activating group) is 1. The molecule has 13 nitrogen and oxygen atoms in total. The smallest absolute Gasteiger partial charge is 0.414 e. The third-order valence-electron chi connectivity index (χ3n) is 6.29. The average Bonchev–Trinajstić information content (AvgIpc) is 3.37. The Labute approximate surface area is 249 Å². The van der Waals surface area contributed by atoms with Crippen LogP contribution in [-0.2, 0) is 19.1 Å². The van der Waals surface area contributed by atoms with Gasteiger partial charge in [0.15, 0.2) is 11.6 Å². The van der Waals surface area contributed by atoms with Crippen molar-refractivity contribution >= 4 is 36.2 Å². The molecule has 2 aromatic rings. The van der Waals surface area contributed by atoms with Gasteiger partial charge in [0.2, 0.25) is 6.41 Å². The number of rotatable bonds is 10. The topological polar surface area (TPSA) is 155 Å². The lowest BCUT2D eigenvalue weighted by Gasteiger charge is -2.38. The molecule has 2 fully saturated rings. The van der Waals surface area contributed by atoms with Crippen molar-refractivity contribution in [3.63, 3.8) is 0 Å². The number of allylic oxidation sites excluding steroid dienone is 2. The zero-order chi connectivity index (χ0) is 31.8. The maximum absolute atomic E-state index is 15.0. The Hall–Kier alpha value is -4.79. The van der Waals surface area contributed by atoms with Crippen LogP contribution in [0, 0.1) is 11.6 Å². The highest BCUT2D eigenvalue weighted by molar-refractivity contribution is 5.90. The van der Waals surface area contributed by atoms with Gasteiger partial charge in [-0.05, 0) is 14.0 Å². The molecule has 15 heteroatoms. The van der Waals surface area contributed by atoms with Gasteiger partial charge in [0.05, 0.1) is 25.5 Å². The van der Waals surface area contributed by atoms with Gasteiger partial charge in [-0.3, -0.25) is 19.5 Å². The molecule has 2 aliphatic rings. The molecule has 0 bridgehead atoms. The second kappa shape index (κ2) is 17.9. The molecule has 1 aromatic carbocycles. The SMILES string of the molecule is C=C(C/C=C(\C)Nc1cnccn1)N1CCN(c2c(F)cc(N3CC(CNC)OC3=O)cc2F)CC1.COC=O.NC=O. The molecule has 0 saturated carbocycles. The molecule has 2 amide bonds. The van der Waals surface area contributed by atoms with Crippen molar-refractivity contribution in [3.8, 4) is 0 Å². The summed E-state index contributed by atoms with van der Waals surface area (Å²) in [7, 11) is 3.06. The summed E-state index contributed by atoms with van der Waals surface area (Å²) in [6, 6.07) is 2.40.